The number of hydrogen-bond donors (Lipinski definition) is 2. The molecule has 0 bridgehead atoms. The van der Waals surface area contributed by atoms with E-state index in [2.05, 4.69) is 24.4 Å². The summed E-state index contributed by atoms with van der Waals surface area (Å²) in [5, 5.41) is 3.82. The number of aryl methyl sites for hydroxylation is 1. The number of nitrogens with zero attached hydrogens (tertiary/aromatic N) is 1. The molecule has 1 aromatic carbocycles. The van der Waals surface area contributed by atoms with Gasteiger partial charge in [0.15, 0.2) is 5.11 Å². The molecule has 5 heteroatoms. The first-order valence-electron chi connectivity index (χ1n) is 8.07. The Morgan fingerprint density at radius 1 is 1.36 bits per heavy atom. The van der Waals surface area contributed by atoms with Gasteiger partial charge in [0.25, 0.3) is 0 Å². The summed E-state index contributed by atoms with van der Waals surface area (Å²) in [6, 6.07) is 8.06. The summed E-state index contributed by atoms with van der Waals surface area (Å²) < 4.78 is 0. The average Bonchev–Trinajstić information content (AvgIpc) is 2.54. The van der Waals surface area contributed by atoms with Crippen LogP contribution in [0, 0.1) is 0 Å². The maximum Gasteiger partial charge on any atom is 0.240 e. The highest BCUT2D eigenvalue weighted by Gasteiger charge is 2.28. The van der Waals surface area contributed by atoms with Crippen molar-refractivity contribution in [2.45, 2.75) is 51.5 Å². The quantitative estimate of drug-likeness (QED) is 0.819. The van der Waals surface area contributed by atoms with Crippen molar-refractivity contribution in [2.24, 2.45) is 5.73 Å². The standard InChI is InChI=1S/C17H25N3OS/c1-2-3-6-13-8-10-14(11-9-13)19-17(22)20-12-5-4-7-15(20)16(18)21/h8-11,15H,2-7,12H2,1H3,(H2,18,21)(H,19,22)/t15-/m1/s1. The number of primary amides is 1. The summed E-state index contributed by atoms with van der Waals surface area (Å²) >= 11 is 5.46. The van der Waals surface area contributed by atoms with Crippen LogP contribution in [0.1, 0.15) is 44.6 Å². The lowest BCUT2D eigenvalue weighted by molar-refractivity contribution is -0.122. The van der Waals surface area contributed by atoms with Crippen molar-refractivity contribution in [3.8, 4) is 0 Å². The zero-order chi connectivity index (χ0) is 15.9. The van der Waals surface area contributed by atoms with E-state index in [1.165, 1.54) is 18.4 Å². The molecule has 1 saturated heterocycles. The summed E-state index contributed by atoms with van der Waals surface area (Å²) in [7, 11) is 0. The Kier molecular flexibility index (Phi) is 6.19. The number of unbranched alkanes of at least 4 members (excludes halogenated alkanes) is 1. The van der Waals surface area contributed by atoms with Crippen LogP contribution in [0.4, 0.5) is 5.69 Å². The molecule has 3 N–H and O–H groups in total. The normalized spacial score (nSPS) is 18.0. The first-order chi connectivity index (χ1) is 10.6. The average molecular weight is 319 g/mol. The Hall–Kier alpha value is -1.62. The zero-order valence-corrected chi connectivity index (χ0v) is 14.0. The molecule has 1 atom stereocenters. The second kappa shape index (κ2) is 8.13. The van der Waals surface area contributed by atoms with Gasteiger partial charge in [-0.3, -0.25) is 4.79 Å². The highest BCUT2D eigenvalue weighted by Crippen LogP contribution is 2.19. The van der Waals surface area contributed by atoms with Gasteiger partial charge >= 0.3 is 0 Å². The Morgan fingerprint density at radius 3 is 2.73 bits per heavy atom. The second-order valence-corrected chi connectivity index (χ2v) is 6.22. The Balaban J connectivity index is 1.96. The Bertz CT molecular complexity index is 515. The fourth-order valence-electron chi connectivity index (χ4n) is 2.80. The molecule has 1 heterocycles. The summed E-state index contributed by atoms with van der Waals surface area (Å²) in [6.45, 7) is 2.98. The number of nitrogens with two attached hydrogens (primary N) is 1. The van der Waals surface area contributed by atoms with Gasteiger partial charge in [-0.2, -0.15) is 0 Å². The first kappa shape index (κ1) is 16.7. The highest BCUT2D eigenvalue weighted by atomic mass is 32.1. The third kappa shape index (κ3) is 4.44. The van der Waals surface area contributed by atoms with E-state index in [0.717, 1.165) is 37.9 Å². The van der Waals surface area contributed by atoms with Crippen LogP contribution in [0.25, 0.3) is 0 Å². The summed E-state index contributed by atoms with van der Waals surface area (Å²) in [4.78, 5) is 13.5. The molecular formula is C17H25N3OS. The van der Waals surface area contributed by atoms with Gasteiger partial charge < -0.3 is 16.0 Å². The van der Waals surface area contributed by atoms with Gasteiger partial charge in [0.05, 0.1) is 0 Å². The molecule has 0 unspecified atom stereocenters. The fraction of sp³-hybridized carbons (Fsp3) is 0.529. The molecule has 0 aliphatic carbocycles. The number of carbonyl (C=O) groups is 1. The molecule has 1 aliphatic heterocycles. The number of thiocarbonyl (C=S) groups is 1. The molecule has 4 nitrogen and oxygen atoms in total. The van der Waals surface area contributed by atoms with Gasteiger partial charge in [0, 0.05) is 12.2 Å². The van der Waals surface area contributed by atoms with Crippen LogP contribution in [-0.4, -0.2) is 28.5 Å². The number of benzene rings is 1. The van der Waals surface area contributed by atoms with Gasteiger partial charge in [-0.15, -0.1) is 0 Å². The van der Waals surface area contributed by atoms with E-state index in [0.29, 0.717) is 5.11 Å². The minimum atomic E-state index is -0.293. The minimum absolute atomic E-state index is 0.280. The predicted octanol–water partition coefficient (Wildman–Crippen LogP) is 3.07. The molecule has 22 heavy (non-hydrogen) atoms. The monoisotopic (exact) mass is 319 g/mol. The summed E-state index contributed by atoms with van der Waals surface area (Å²) in [6.07, 6.45) is 6.37. The maximum absolute atomic E-state index is 11.6. The largest absolute Gasteiger partial charge is 0.368 e. The molecule has 0 saturated carbocycles. The van der Waals surface area contributed by atoms with E-state index >= 15 is 0 Å². The van der Waals surface area contributed by atoms with Crippen LogP contribution < -0.4 is 11.1 Å². The number of likely N-dealkylation sites (tertiary alicyclic amines) is 1. The van der Waals surface area contributed by atoms with Crippen LogP contribution in [0.15, 0.2) is 24.3 Å². The van der Waals surface area contributed by atoms with Crippen molar-refractivity contribution >= 4 is 28.9 Å². The summed E-state index contributed by atoms with van der Waals surface area (Å²) in [5.74, 6) is -0.293. The van der Waals surface area contributed by atoms with Crippen LogP contribution in [0.5, 0.6) is 0 Å². The third-order valence-corrected chi connectivity index (χ3v) is 4.45. The van der Waals surface area contributed by atoms with Gasteiger partial charge in [-0.05, 0) is 62.0 Å². The zero-order valence-electron chi connectivity index (χ0n) is 13.2. The van der Waals surface area contributed by atoms with Crippen LogP contribution in [0.2, 0.25) is 0 Å². The second-order valence-electron chi connectivity index (χ2n) is 5.84. The van der Waals surface area contributed by atoms with Gasteiger partial charge in [0.1, 0.15) is 6.04 Å². The fourth-order valence-corrected chi connectivity index (χ4v) is 3.14. The topological polar surface area (TPSA) is 58.4 Å². The number of amides is 1. The number of anilines is 1. The SMILES string of the molecule is CCCCc1ccc(NC(=S)N2CCCC[C@@H]2C(N)=O)cc1. The Labute approximate surface area is 138 Å². The van der Waals surface area contributed by atoms with E-state index in [1.807, 2.05) is 17.0 Å². The molecule has 120 valence electrons. The first-order valence-corrected chi connectivity index (χ1v) is 8.48. The van der Waals surface area contributed by atoms with E-state index in [1.54, 1.807) is 0 Å². The number of hydrogen-bond acceptors (Lipinski definition) is 2. The van der Waals surface area contributed by atoms with Crippen molar-refractivity contribution in [2.75, 3.05) is 11.9 Å². The number of piperidine rings is 1. The van der Waals surface area contributed by atoms with E-state index in [9.17, 15) is 4.79 Å². The van der Waals surface area contributed by atoms with Gasteiger partial charge in [-0.1, -0.05) is 25.5 Å². The van der Waals surface area contributed by atoms with Crippen molar-refractivity contribution in [3.63, 3.8) is 0 Å². The molecule has 0 aromatic heterocycles. The maximum atomic E-state index is 11.6. The molecule has 0 spiro atoms. The molecule has 2 rings (SSSR count). The molecule has 0 radical (unpaired) electrons. The predicted molar refractivity (Wildman–Crippen MR) is 94.8 cm³/mol. The van der Waals surface area contributed by atoms with Gasteiger partial charge in [0.2, 0.25) is 5.91 Å². The van der Waals surface area contributed by atoms with E-state index < -0.39 is 0 Å². The van der Waals surface area contributed by atoms with E-state index in [4.69, 9.17) is 18.0 Å². The third-order valence-electron chi connectivity index (χ3n) is 4.12. The lowest BCUT2D eigenvalue weighted by Gasteiger charge is -2.35. The highest BCUT2D eigenvalue weighted by molar-refractivity contribution is 7.80. The molecular weight excluding hydrogens is 294 g/mol. The Morgan fingerprint density at radius 2 is 2.09 bits per heavy atom. The van der Waals surface area contributed by atoms with Gasteiger partial charge in [-0.25, -0.2) is 0 Å². The lowest BCUT2D eigenvalue weighted by Crippen LogP contribution is -2.51. The van der Waals surface area contributed by atoms with E-state index in [-0.39, 0.29) is 11.9 Å². The van der Waals surface area contributed by atoms with Crippen LogP contribution in [-0.2, 0) is 11.2 Å². The van der Waals surface area contributed by atoms with Crippen molar-refractivity contribution in [1.82, 2.24) is 4.90 Å². The molecule has 1 aliphatic rings. The van der Waals surface area contributed by atoms with Crippen LogP contribution >= 0.6 is 12.2 Å². The van der Waals surface area contributed by atoms with Crippen molar-refractivity contribution in [3.05, 3.63) is 29.8 Å². The van der Waals surface area contributed by atoms with Crippen molar-refractivity contribution < 1.29 is 4.79 Å². The number of nitrogens with one attached hydrogen (secondary N) is 1. The molecule has 1 aromatic rings. The number of rotatable bonds is 5. The minimum Gasteiger partial charge on any atom is -0.368 e. The van der Waals surface area contributed by atoms with Crippen molar-refractivity contribution in [1.29, 1.82) is 0 Å². The number of carbonyl (C=O) groups excluding carboxylic acids is 1. The smallest absolute Gasteiger partial charge is 0.240 e. The summed E-state index contributed by atoms with van der Waals surface area (Å²) in [5.41, 5.74) is 7.78. The molecule has 1 fully saturated rings. The lowest BCUT2D eigenvalue weighted by atomic mass is 10.0. The van der Waals surface area contributed by atoms with Crippen LogP contribution in [0.3, 0.4) is 0 Å². The molecule has 1 amide bonds.